The molecule has 4 N–H and O–H groups in total. The van der Waals surface area contributed by atoms with Crippen LogP contribution in [-0.4, -0.2) is 28.5 Å². The number of nitrogens with one attached hydrogen (secondary N) is 2. The highest BCUT2D eigenvalue weighted by Gasteiger charge is 2.35. The van der Waals surface area contributed by atoms with Crippen molar-refractivity contribution in [3.63, 3.8) is 0 Å². The summed E-state index contributed by atoms with van der Waals surface area (Å²) in [5.41, 5.74) is -2.60. The van der Waals surface area contributed by atoms with Crippen LogP contribution in [0.4, 0.5) is 28.9 Å². The van der Waals surface area contributed by atoms with Gasteiger partial charge in [-0.25, -0.2) is 15.1 Å². The Kier molecular flexibility index (Phi) is 6.90. The molecule has 2 aromatic rings. The van der Waals surface area contributed by atoms with E-state index in [-0.39, 0.29) is 16.5 Å². The second kappa shape index (κ2) is 8.82. The maximum atomic E-state index is 13.1. The fourth-order valence-electron chi connectivity index (χ4n) is 2.12. The van der Waals surface area contributed by atoms with E-state index in [1.54, 1.807) is 5.48 Å². The average Bonchev–Trinajstić information content (AvgIpc) is 2.63. The van der Waals surface area contributed by atoms with Crippen LogP contribution in [0, 0.1) is 5.82 Å². The van der Waals surface area contributed by atoms with Crippen molar-refractivity contribution >= 4 is 28.9 Å². The molecule has 2 rings (SSSR count). The molecule has 0 saturated carbocycles. The van der Waals surface area contributed by atoms with Gasteiger partial charge in [0.1, 0.15) is 18.2 Å². The first kappa shape index (κ1) is 22.7. The van der Waals surface area contributed by atoms with Crippen LogP contribution in [0.2, 0.25) is 5.02 Å². The molecule has 0 aromatic heterocycles. The normalized spacial score (nSPS) is 13.5. The van der Waals surface area contributed by atoms with Gasteiger partial charge in [-0.05, 0) is 37.3 Å². The topological polar surface area (TPSA) is 100 Å². The SMILES string of the molecule is C[C@](O)(COc1ccc(F)c(Cl)c1)C(=O)Nc1ccc(NOO)c(C(F)(F)F)c1. The fourth-order valence-corrected chi connectivity index (χ4v) is 2.29. The molecule has 12 heteroatoms. The van der Waals surface area contributed by atoms with Crippen LogP contribution in [0.3, 0.4) is 0 Å². The highest BCUT2D eigenvalue weighted by Crippen LogP contribution is 2.36. The number of anilines is 2. The van der Waals surface area contributed by atoms with Gasteiger partial charge in [0.15, 0.2) is 5.60 Å². The van der Waals surface area contributed by atoms with Crippen LogP contribution >= 0.6 is 11.6 Å². The molecule has 0 unspecified atom stereocenters. The minimum atomic E-state index is -4.82. The molecule has 0 bridgehead atoms. The molecule has 2 aromatic carbocycles. The Balaban J connectivity index is 2.12. The molecule has 0 saturated heterocycles. The predicted molar refractivity (Wildman–Crippen MR) is 94.9 cm³/mol. The molecule has 7 nitrogen and oxygen atoms in total. The lowest BCUT2D eigenvalue weighted by Crippen LogP contribution is -2.45. The molecule has 158 valence electrons. The van der Waals surface area contributed by atoms with Crippen LogP contribution in [0.1, 0.15) is 12.5 Å². The van der Waals surface area contributed by atoms with Gasteiger partial charge >= 0.3 is 6.18 Å². The Bertz CT molecular complexity index is 893. The third-order valence-electron chi connectivity index (χ3n) is 3.64. The van der Waals surface area contributed by atoms with E-state index in [2.05, 4.69) is 10.3 Å². The number of hydrogen-bond donors (Lipinski definition) is 4. The zero-order valence-corrected chi connectivity index (χ0v) is 15.4. The molecule has 0 radical (unpaired) electrons. The zero-order chi connectivity index (χ0) is 21.8. The van der Waals surface area contributed by atoms with E-state index in [1.807, 2.05) is 0 Å². The van der Waals surface area contributed by atoms with Crippen molar-refractivity contribution in [2.24, 2.45) is 0 Å². The summed E-state index contributed by atoms with van der Waals surface area (Å²) in [6.07, 6.45) is -4.82. The Labute approximate surface area is 166 Å². The maximum Gasteiger partial charge on any atom is 0.418 e. The van der Waals surface area contributed by atoms with Crippen molar-refractivity contribution in [2.45, 2.75) is 18.7 Å². The van der Waals surface area contributed by atoms with Gasteiger partial charge in [-0.2, -0.15) is 13.2 Å². The number of carbonyl (C=O) groups is 1. The first-order chi connectivity index (χ1) is 13.4. The first-order valence-corrected chi connectivity index (χ1v) is 8.21. The summed E-state index contributed by atoms with van der Waals surface area (Å²) >= 11 is 5.60. The minimum absolute atomic E-state index is 0.0725. The standard InChI is InChI=1S/C17H15ClF4N2O5/c1-16(26,8-28-10-3-4-13(19)12(18)7-10)15(25)23-9-2-5-14(24-29-27)11(6-9)17(20,21)22/h2-7,24,26-27H,8H2,1H3,(H,23,25)/t16-/m0/s1. The zero-order valence-electron chi connectivity index (χ0n) is 14.7. The summed E-state index contributed by atoms with van der Waals surface area (Å²) in [4.78, 5) is 15.8. The number of amides is 1. The molecular weight excluding hydrogens is 424 g/mol. The molecular formula is C17H15ClF4N2O5. The minimum Gasteiger partial charge on any atom is -0.490 e. The molecule has 0 fully saturated rings. The Morgan fingerprint density at radius 3 is 2.48 bits per heavy atom. The molecule has 0 aliphatic carbocycles. The largest absolute Gasteiger partial charge is 0.490 e. The number of benzene rings is 2. The lowest BCUT2D eigenvalue weighted by atomic mass is 10.1. The molecule has 0 aliphatic heterocycles. The molecule has 1 amide bonds. The summed E-state index contributed by atoms with van der Waals surface area (Å²) in [6.45, 7) is 0.485. The van der Waals surface area contributed by atoms with Gasteiger partial charge in [0.2, 0.25) is 0 Å². The number of aliphatic hydroxyl groups is 1. The van der Waals surface area contributed by atoms with Crippen molar-refractivity contribution in [2.75, 3.05) is 17.4 Å². The molecule has 0 aliphatic rings. The Morgan fingerprint density at radius 1 is 1.21 bits per heavy atom. The maximum absolute atomic E-state index is 13.1. The highest BCUT2D eigenvalue weighted by molar-refractivity contribution is 6.30. The van der Waals surface area contributed by atoms with Gasteiger partial charge in [-0.1, -0.05) is 11.6 Å². The van der Waals surface area contributed by atoms with E-state index in [4.69, 9.17) is 21.6 Å². The molecule has 29 heavy (non-hydrogen) atoms. The van der Waals surface area contributed by atoms with Gasteiger partial charge in [0.05, 0.1) is 16.3 Å². The van der Waals surface area contributed by atoms with Gasteiger partial charge in [0.25, 0.3) is 5.91 Å². The molecule has 0 spiro atoms. The van der Waals surface area contributed by atoms with Crippen molar-refractivity contribution in [1.29, 1.82) is 0 Å². The van der Waals surface area contributed by atoms with Gasteiger partial charge in [-0.3, -0.25) is 4.79 Å². The van der Waals surface area contributed by atoms with Crippen molar-refractivity contribution in [3.8, 4) is 5.75 Å². The van der Waals surface area contributed by atoms with Crippen LogP contribution < -0.4 is 15.5 Å². The number of alkyl halides is 3. The highest BCUT2D eigenvalue weighted by atomic mass is 35.5. The summed E-state index contributed by atoms with van der Waals surface area (Å²) in [5.74, 6) is -1.67. The van der Waals surface area contributed by atoms with Crippen molar-refractivity contribution in [3.05, 3.63) is 52.8 Å². The summed E-state index contributed by atoms with van der Waals surface area (Å²) in [7, 11) is 0. The third kappa shape index (κ3) is 5.94. The van der Waals surface area contributed by atoms with Gasteiger partial charge in [-0.15, -0.1) is 4.99 Å². The van der Waals surface area contributed by atoms with E-state index >= 15 is 0 Å². The van der Waals surface area contributed by atoms with Crippen molar-refractivity contribution < 1.29 is 42.4 Å². The van der Waals surface area contributed by atoms with Gasteiger partial charge in [0, 0.05) is 11.8 Å². The monoisotopic (exact) mass is 438 g/mol. The van der Waals surface area contributed by atoms with Crippen LogP contribution in [0.15, 0.2) is 36.4 Å². The van der Waals surface area contributed by atoms with E-state index in [1.165, 1.54) is 6.07 Å². The van der Waals surface area contributed by atoms with E-state index in [0.29, 0.717) is 6.07 Å². The quantitative estimate of drug-likeness (QED) is 0.295. The smallest absolute Gasteiger partial charge is 0.418 e. The van der Waals surface area contributed by atoms with Gasteiger partial charge < -0.3 is 15.2 Å². The Hall–Kier alpha value is -2.60. The summed E-state index contributed by atoms with van der Waals surface area (Å²) in [5, 5.41) is 20.5. The predicted octanol–water partition coefficient (Wildman–Crippen LogP) is 4.08. The summed E-state index contributed by atoms with van der Waals surface area (Å²) < 4.78 is 57.6. The summed E-state index contributed by atoms with van der Waals surface area (Å²) in [6, 6.07) is 5.95. The van der Waals surface area contributed by atoms with Crippen LogP contribution in [-0.2, 0) is 16.0 Å². The van der Waals surface area contributed by atoms with E-state index in [9.17, 15) is 27.5 Å². The fraction of sp³-hybridized carbons (Fsp3) is 0.235. The first-order valence-electron chi connectivity index (χ1n) is 7.83. The number of ether oxygens (including phenoxy) is 1. The average molecular weight is 439 g/mol. The third-order valence-corrected chi connectivity index (χ3v) is 3.93. The van der Waals surface area contributed by atoms with Crippen LogP contribution in [0.5, 0.6) is 5.75 Å². The lowest BCUT2D eigenvalue weighted by molar-refractivity contribution is -0.216. The number of hydrogen-bond acceptors (Lipinski definition) is 6. The molecule has 0 heterocycles. The number of carbonyl (C=O) groups excluding carboxylic acids is 1. The Morgan fingerprint density at radius 2 is 1.90 bits per heavy atom. The van der Waals surface area contributed by atoms with E-state index in [0.717, 1.165) is 31.2 Å². The lowest BCUT2D eigenvalue weighted by Gasteiger charge is -2.23. The second-order valence-corrected chi connectivity index (χ2v) is 6.45. The number of rotatable bonds is 7. The second-order valence-electron chi connectivity index (χ2n) is 6.04. The number of halogens is 5. The molecule has 1 atom stereocenters. The van der Waals surface area contributed by atoms with Crippen molar-refractivity contribution in [1.82, 2.24) is 0 Å². The van der Waals surface area contributed by atoms with Crippen LogP contribution in [0.25, 0.3) is 0 Å². The van der Waals surface area contributed by atoms with E-state index < -0.39 is 41.4 Å².